The molecule has 3 nitrogen and oxygen atoms in total. The summed E-state index contributed by atoms with van der Waals surface area (Å²) in [7, 11) is 0. The lowest BCUT2D eigenvalue weighted by Gasteiger charge is -2.06. The fraction of sp³-hybridized carbons (Fsp3) is 0. The van der Waals surface area contributed by atoms with Crippen molar-refractivity contribution >= 4 is 23.1 Å². The van der Waals surface area contributed by atoms with Gasteiger partial charge in [-0.1, -0.05) is 11.6 Å². The predicted octanol–water partition coefficient (Wildman–Crippen LogP) is 3.15. The lowest BCUT2D eigenvalue weighted by Crippen LogP contribution is -1.97. The van der Waals surface area contributed by atoms with E-state index >= 15 is 0 Å². The van der Waals surface area contributed by atoms with Crippen LogP contribution in [0, 0.1) is 11.8 Å². The molecule has 2 rings (SSSR count). The number of rotatable bonds is 2. The zero-order valence-electron chi connectivity index (χ0n) is 7.92. The number of aromatic nitrogens is 2. The molecule has 16 heavy (non-hydrogen) atoms. The van der Waals surface area contributed by atoms with Gasteiger partial charge in [0.25, 0.3) is 0 Å². The molecule has 0 aliphatic carbocycles. The van der Waals surface area contributed by atoms with E-state index in [2.05, 4.69) is 15.3 Å². The van der Waals surface area contributed by atoms with E-state index in [-0.39, 0.29) is 11.5 Å². The number of nitrogens with zero attached hydrogens (tertiary/aromatic N) is 2. The molecule has 0 spiro atoms. The maximum Gasteiger partial charge on any atom is 0.218 e. The first-order chi connectivity index (χ1) is 7.65. The Morgan fingerprint density at radius 3 is 2.69 bits per heavy atom. The van der Waals surface area contributed by atoms with Crippen LogP contribution in [0.2, 0.25) is 5.02 Å². The van der Waals surface area contributed by atoms with Gasteiger partial charge in [-0.15, -0.1) is 0 Å². The monoisotopic (exact) mass is 241 g/mol. The minimum Gasteiger partial charge on any atom is -0.338 e. The van der Waals surface area contributed by atoms with Gasteiger partial charge in [0.05, 0.1) is 5.69 Å². The second kappa shape index (κ2) is 4.40. The molecule has 0 unspecified atom stereocenters. The van der Waals surface area contributed by atoms with Crippen molar-refractivity contribution in [3.8, 4) is 0 Å². The first-order valence-electron chi connectivity index (χ1n) is 4.35. The van der Waals surface area contributed by atoms with Gasteiger partial charge < -0.3 is 5.32 Å². The number of benzene rings is 1. The normalized spacial score (nSPS) is 10.2. The fourth-order valence-electron chi connectivity index (χ4n) is 1.13. The average Bonchev–Trinajstić information content (AvgIpc) is 2.24. The van der Waals surface area contributed by atoms with E-state index in [4.69, 9.17) is 11.6 Å². The van der Waals surface area contributed by atoms with Crippen LogP contribution >= 0.6 is 11.6 Å². The summed E-state index contributed by atoms with van der Waals surface area (Å²) in [5.41, 5.74) is 0.130. The molecule has 0 aliphatic heterocycles. The van der Waals surface area contributed by atoms with Crippen molar-refractivity contribution in [2.45, 2.75) is 0 Å². The van der Waals surface area contributed by atoms with Crippen molar-refractivity contribution in [3.63, 3.8) is 0 Å². The summed E-state index contributed by atoms with van der Waals surface area (Å²) in [5.74, 6) is -1.03. The van der Waals surface area contributed by atoms with Gasteiger partial charge in [0, 0.05) is 11.1 Å². The maximum atomic E-state index is 13.3. The number of nitrogens with one attached hydrogen (secondary N) is 1. The van der Waals surface area contributed by atoms with Crippen LogP contribution in [0.5, 0.6) is 0 Å². The molecule has 0 saturated heterocycles. The van der Waals surface area contributed by atoms with Crippen LogP contribution in [0.25, 0.3) is 0 Å². The second-order valence-electron chi connectivity index (χ2n) is 2.98. The first-order valence-corrected chi connectivity index (χ1v) is 4.72. The molecule has 1 N–H and O–H groups in total. The van der Waals surface area contributed by atoms with Crippen molar-refractivity contribution in [2.24, 2.45) is 0 Å². The van der Waals surface area contributed by atoms with E-state index in [0.717, 1.165) is 12.4 Å². The number of hydrogen-bond donors (Lipinski definition) is 1. The van der Waals surface area contributed by atoms with Crippen molar-refractivity contribution < 1.29 is 8.78 Å². The topological polar surface area (TPSA) is 37.8 Å². The molecule has 6 heteroatoms. The Hall–Kier alpha value is -1.75. The van der Waals surface area contributed by atoms with Crippen LogP contribution in [-0.2, 0) is 0 Å². The van der Waals surface area contributed by atoms with Gasteiger partial charge in [0.15, 0.2) is 0 Å². The van der Waals surface area contributed by atoms with Gasteiger partial charge in [0.2, 0.25) is 5.95 Å². The maximum absolute atomic E-state index is 13.3. The quantitative estimate of drug-likeness (QED) is 0.821. The molecule has 0 aliphatic rings. The first kappa shape index (κ1) is 10.8. The van der Waals surface area contributed by atoms with Crippen LogP contribution in [0.3, 0.4) is 0 Å². The van der Waals surface area contributed by atoms with Gasteiger partial charge >= 0.3 is 0 Å². The third-order valence-electron chi connectivity index (χ3n) is 1.82. The van der Waals surface area contributed by atoms with Crippen LogP contribution in [0.15, 0.2) is 30.6 Å². The molecule has 0 amide bonds. The second-order valence-corrected chi connectivity index (χ2v) is 3.41. The van der Waals surface area contributed by atoms with Gasteiger partial charge in [-0.3, -0.25) is 0 Å². The van der Waals surface area contributed by atoms with Crippen molar-refractivity contribution in [2.75, 3.05) is 5.32 Å². The zero-order valence-corrected chi connectivity index (χ0v) is 8.67. The van der Waals surface area contributed by atoms with Gasteiger partial charge in [-0.05, 0) is 18.2 Å². The number of hydrogen-bond acceptors (Lipinski definition) is 3. The van der Waals surface area contributed by atoms with Gasteiger partial charge in [-0.25, -0.2) is 14.4 Å². The largest absolute Gasteiger partial charge is 0.338 e. The Morgan fingerprint density at radius 1 is 1.12 bits per heavy atom. The highest BCUT2D eigenvalue weighted by molar-refractivity contribution is 6.30. The summed E-state index contributed by atoms with van der Waals surface area (Å²) in [5, 5.41) is 2.98. The molecule has 0 saturated carbocycles. The molecule has 82 valence electrons. The Labute approximate surface area is 95.1 Å². The zero-order chi connectivity index (χ0) is 11.5. The molecule has 1 aromatic heterocycles. The smallest absolute Gasteiger partial charge is 0.218 e. The Kier molecular flexibility index (Phi) is 2.96. The van der Waals surface area contributed by atoms with Crippen molar-refractivity contribution in [3.05, 3.63) is 47.4 Å². The summed E-state index contributed by atoms with van der Waals surface area (Å²) in [6.07, 6.45) is 1.04. The van der Waals surface area contributed by atoms with E-state index < -0.39 is 11.8 Å². The number of anilines is 2. The summed E-state index contributed by atoms with van der Waals surface area (Å²) in [6.45, 7) is 0. The Bertz CT molecular complexity index is 519. The predicted molar refractivity (Wildman–Crippen MR) is 56.7 cm³/mol. The summed E-state index contributed by atoms with van der Waals surface area (Å²) >= 11 is 5.70. The van der Waals surface area contributed by atoms with Gasteiger partial charge in [-0.2, -0.15) is 4.39 Å². The molecule has 0 fully saturated rings. The van der Waals surface area contributed by atoms with E-state index in [1.165, 1.54) is 18.2 Å². The molecule has 2 aromatic rings. The molecule has 1 aromatic carbocycles. The fourth-order valence-corrected chi connectivity index (χ4v) is 1.31. The summed E-state index contributed by atoms with van der Waals surface area (Å²) in [6, 6.07) is 5.07. The molecule has 0 atom stereocenters. The molecular weight excluding hydrogens is 236 g/mol. The molecular formula is C10H6ClF2N3. The Balaban J connectivity index is 2.30. The average molecular weight is 242 g/mol. The summed E-state index contributed by atoms with van der Waals surface area (Å²) < 4.78 is 26.0. The molecule has 0 bridgehead atoms. The van der Waals surface area contributed by atoms with Gasteiger partial charge in [0.1, 0.15) is 18.0 Å². The van der Waals surface area contributed by atoms with E-state index in [9.17, 15) is 8.78 Å². The third-order valence-corrected chi connectivity index (χ3v) is 2.06. The highest BCUT2D eigenvalue weighted by atomic mass is 35.5. The van der Waals surface area contributed by atoms with Crippen molar-refractivity contribution in [1.29, 1.82) is 0 Å². The van der Waals surface area contributed by atoms with E-state index in [1.807, 2.05) is 0 Å². The van der Waals surface area contributed by atoms with E-state index in [1.54, 1.807) is 0 Å². The highest BCUT2D eigenvalue weighted by Crippen LogP contribution is 2.22. The van der Waals surface area contributed by atoms with E-state index in [0.29, 0.717) is 5.02 Å². The minimum atomic E-state index is -0.695. The standard InChI is InChI=1S/C10H6ClF2N3/c11-6-1-2-7(12)8(3-6)16-10-4-9(13)14-5-15-10/h1-5H,(H,14,15,16). The van der Waals surface area contributed by atoms with Crippen LogP contribution in [0.4, 0.5) is 20.3 Å². The molecule has 0 radical (unpaired) electrons. The van der Waals surface area contributed by atoms with Crippen LogP contribution in [0.1, 0.15) is 0 Å². The van der Waals surface area contributed by atoms with Crippen LogP contribution < -0.4 is 5.32 Å². The summed E-state index contributed by atoms with van der Waals surface area (Å²) in [4.78, 5) is 7.02. The lowest BCUT2D eigenvalue weighted by molar-refractivity contribution is 0.580. The Morgan fingerprint density at radius 2 is 1.94 bits per heavy atom. The molecule has 1 heterocycles. The lowest BCUT2D eigenvalue weighted by atomic mass is 10.3. The van der Waals surface area contributed by atoms with Crippen LogP contribution in [-0.4, -0.2) is 9.97 Å². The highest BCUT2D eigenvalue weighted by Gasteiger charge is 2.04. The third kappa shape index (κ3) is 2.43. The minimum absolute atomic E-state index is 0.130. The SMILES string of the molecule is Fc1cc(Nc2cc(Cl)ccc2F)ncn1. The number of halogens is 3. The van der Waals surface area contributed by atoms with Crippen molar-refractivity contribution in [1.82, 2.24) is 9.97 Å².